The summed E-state index contributed by atoms with van der Waals surface area (Å²) >= 11 is 0. The Morgan fingerprint density at radius 1 is 0.435 bits per heavy atom. The van der Waals surface area contributed by atoms with E-state index in [0.29, 0.717) is 0 Å². The number of hydrogen-bond donors (Lipinski definition) is 0. The van der Waals surface area contributed by atoms with E-state index < -0.39 is 7.92 Å². The van der Waals surface area contributed by atoms with Crippen LogP contribution in [-0.2, 0) is 20.4 Å². The smallest absolute Gasteiger partial charge is 0.0587 e. The zero-order valence-electron chi connectivity index (χ0n) is 13.7. The monoisotopic (exact) mass is 410 g/mol. The summed E-state index contributed by atoms with van der Waals surface area (Å²) in [7, 11) is -0.483. The van der Waals surface area contributed by atoms with Crippen LogP contribution < -0.4 is 15.9 Å². The van der Waals surface area contributed by atoms with Gasteiger partial charge in [-0.3, -0.25) is 0 Å². The van der Waals surface area contributed by atoms with Crippen molar-refractivity contribution in [1.82, 2.24) is 0 Å². The van der Waals surface area contributed by atoms with Gasteiger partial charge in [0.15, 0.2) is 0 Å². The van der Waals surface area contributed by atoms with Crippen LogP contribution in [0, 0.1) is 20.8 Å². The fraction of sp³-hybridized carbons (Fsp3) is 0.143. The van der Waals surface area contributed by atoms with Crippen LogP contribution in [0.15, 0.2) is 72.8 Å². The number of hydrogen-bond acceptors (Lipinski definition) is 0. The molecule has 0 radical (unpaired) electrons. The molecule has 2 heteroatoms. The standard InChI is InChI=1S/C21H21P.Pd/c1-16-4-10-19(11-5-16)22(20-12-6-17(2)7-13-20)21-14-8-18(3)9-15-21;/h4-15H,1-3H3;/q;+2. The summed E-state index contributed by atoms with van der Waals surface area (Å²) in [5.74, 6) is 0. The Balaban J connectivity index is 0.00000192. The van der Waals surface area contributed by atoms with E-state index in [1.807, 2.05) is 0 Å². The Bertz CT molecular complexity index is 635. The molecule has 0 aliphatic heterocycles. The molecule has 118 valence electrons. The summed E-state index contributed by atoms with van der Waals surface area (Å²) in [5.41, 5.74) is 3.93. The van der Waals surface area contributed by atoms with Gasteiger partial charge in [-0.1, -0.05) is 89.5 Å². The summed E-state index contributed by atoms with van der Waals surface area (Å²) in [6.45, 7) is 6.43. The van der Waals surface area contributed by atoms with Crippen molar-refractivity contribution in [3.8, 4) is 0 Å². The van der Waals surface area contributed by atoms with Gasteiger partial charge < -0.3 is 0 Å². The molecular weight excluding hydrogens is 390 g/mol. The van der Waals surface area contributed by atoms with Crippen molar-refractivity contribution in [1.29, 1.82) is 0 Å². The molecule has 3 aromatic rings. The van der Waals surface area contributed by atoms with Crippen molar-refractivity contribution in [2.45, 2.75) is 20.8 Å². The normalized spacial score (nSPS) is 10.4. The number of rotatable bonds is 3. The van der Waals surface area contributed by atoms with Gasteiger partial charge in [0.05, 0.1) is 0 Å². The summed E-state index contributed by atoms with van der Waals surface area (Å²) in [6.07, 6.45) is 0. The van der Waals surface area contributed by atoms with Crippen LogP contribution in [0.4, 0.5) is 0 Å². The van der Waals surface area contributed by atoms with Gasteiger partial charge >= 0.3 is 20.4 Å². The van der Waals surface area contributed by atoms with Crippen LogP contribution in [0.25, 0.3) is 0 Å². The Hall–Kier alpha value is -1.25. The molecule has 0 N–H and O–H groups in total. The van der Waals surface area contributed by atoms with Gasteiger partial charge in [0.25, 0.3) is 0 Å². The molecule has 0 aliphatic carbocycles. The third-order valence-electron chi connectivity index (χ3n) is 3.88. The zero-order valence-corrected chi connectivity index (χ0v) is 16.1. The largest absolute Gasteiger partial charge is 2.00 e. The van der Waals surface area contributed by atoms with Gasteiger partial charge in [-0.15, -0.1) is 0 Å². The first kappa shape index (κ1) is 18.1. The Morgan fingerprint density at radius 2 is 0.652 bits per heavy atom. The maximum absolute atomic E-state index is 2.28. The quantitative estimate of drug-likeness (QED) is 0.444. The SMILES string of the molecule is Cc1ccc(P(c2ccc(C)cc2)c2ccc(C)cc2)cc1.[Pd+2]. The molecule has 3 rings (SSSR count). The molecular formula is C21H21PPd+2. The van der Waals surface area contributed by atoms with E-state index in [1.165, 1.54) is 32.6 Å². The molecule has 0 fully saturated rings. The average molecular weight is 411 g/mol. The molecule has 0 spiro atoms. The molecule has 0 unspecified atom stereocenters. The molecule has 0 aliphatic rings. The average Bonchev–Trinajstić information content (AvgIpc) is 2.53. The first-order valence-corrected chi connectivity index (χ1v) is 8.98. The zero-order chi connectivity index (χ0) is 15.5. The van der Waals surface area contributed by atoms with Crippen molar-refractivity contribution < 1.29 is 20.4 Å². The Morgan fingerprint density at radius 3 is 0.870 bits per heavy atom. The predicted molar refractivity (Wildman–Crippen MR) is 99.4 cm³/mol. The fourth-order valence-electron chi connectivity index (χ4n) is 2.53. The predicted octanol–water partition coefficient (Wildman–Crippen LogP) is 4.37. The maximum Gasteiger partial charge on any atom is 2.00 e. The van der Waals surface area contributed by atoms with Crippen LogP contribution >= 0.6 is 7.92 Å². The first-order chi connectivity index (χ1) is 10.6. The molecule has 23 heavy (non-hydrogen) atoms. The van der Waals surface area contributed by atoms with Crippen LogP contribution in [-0.4, -0.2) is 0 Å². The van der Waals surface area contributed by atoms with Gasteiger partial charge in [0.2, 0.25) is 0 Å². The summed E-state index contributed by atoms with van der Waals surface area (Å²) < 4.78 is 0. The van der Waals surface area contributed by atoms with Crippen molar-refractivity contribution in [3.05, 3.63) is 89.5 Å². The second-order valence-electron chi connectivity index (χ2n) is 5.84. The third kappa shape index (κ3) is 4.39. The van der Waals surface area contributed by atoms with E-state index in [2.05, 4.69) is 93.6 Å². The molecule has 0 bridgehead atoms. The van der Waals surface area contributed by atoms with Gasteiger partial charge in [-0.2, -0.15) is 0 Å². The molecule has 0 aromatic heterocycles. The van der Waals surface area contributed by atoms with Crippen molar-refractivity contribution in [3.63, 3.8) is 0 Å². The Labute approximate surface area is 154 Å². The molecule has 3 aromatic carbocycles. The molecule has 0 amide bonds. The molecule has 0 saturated heterocycles. The second kappa shape index (κ2) is 8.03. The van der Waals surface area contributed by atoms with E-state index in [1.54, 1.807) is 0 Å². The van der Waals surface area contributed by atoms with Crippen molar-refractivity contribution in [2.24, 2.45) is 0 Å². The van der Waals surface area contributed by atoms with E-state index in [-0.39, 0.29) is 20.4 Å². The summed E-state index contributed by atoms with van der Waals surface area (Å²) in [6, 6.07) is 27.0. The third-order valence-corrected chi connectivity index (χ3v) is 6.32. The van der Waals surface area contributed by atoms with Crippen molar-refractivity contribution in [2.75, 3.05) is 0 Å². The number of aryl methyl sites for hydroxylation is 3. The summed E-state index contributed by atoms with van der Waals surface area (Å²) in [5, 5.41) is 4.23. The minimum atomic E-state index is -0.483. The number of benzene rings is 3. The van der Waals surface area contributed by atoms with Gasteiger partial charge in [0, 0.05) is 0 Å². The minimum Gasteiger partial charge on any atom is -0.0587 e. The van der Waals surface area contributed by atoms with E-state index in [9.17, 15) is 0 Å². The van der Waals surface area contributed by atoms with Gasteiger partial charge in [-0.05, 0) is 44.6 Å². The summed E-state index contributed by atoms with van der Waals surface area (Å²) in [4.78, 5) is 0. The van der Waals surface area contributed by atoms with Crippen molar-refractivity contribution >= 4 is 23.8 Å². The maximum atomic E-state index is 2.28. The molecule has 0 nitrogen and oxygen atoms in total. The first-order valence-electron chi connectivity index (χ1n) is 7.63. The van der Waals surface area contributed by atoms with E-state index in [4.69, 9.17) is 0 Å². The fourth-order valence-corrected chi connectivity index (χ4v) is 4.76. The molecule has 0 saturated carbocycles. The van der Waals surface area contributed by atoms with Gasteiger partial charge in [0.1, 0.15) is 0 Å². The van der Waals surface area contributed by atoms with E-state index >= 15 is 0 Å². The minimum absolute atomic E-state index is 0. The van der Waals surface area contributed by atoms with E-state index in [0.717, 1.165) is 0 Å². The molecule has 0 atom stereocenters. The van der Waals surface area contributed by atoms with Crippen LogP contribution in [0.1, 0.15) is 16.7 Å². The van der Waals surface area contributed by atoms with Crippen LogP contribution in [0.5, 0.6) is 0 Å². The van der Waals surface area contributed by atoms with Crippen LogP contribution in [0.2, 0.25) is 0 Å². The topological polar surface area (TPSA) is 0 Å². The molecule has 0 heterocycles. The van der Waals surface area contributed by atoms with Gasteiger partial charge in [-0.25, -0.2) is 0 Å². The van der Waals surface area contributed by atoms with Crippen LogP contribution in [0.3, 0.4) is 0 Å². The second-order valence-corrected chi connectivity index (χ2v) is 8.06. The Kier molecular flexibility index (Phi) is 6.32.